The third-order valence-corrected chi connectivity index (χ3v) is 7.06. The number of tetrazole rings is 1. The lowest BCUT2D eigenvalue weighted by Gasteiger charge is -2.35. The molecule has 3 aromatic rings. The second-order valence-corrected chi connectivity index (χ2v) is 9.13. The lowest BCUT2D eigenvalue weighted by atomic mass is 9.97. The minimum atomic E-state index is -0.337. The molecule has 1 saturated heterocycles. The number of nitrogens with zero attached hydrogens (tertiary/aromatic N) is 5. The lowest BCUT2D eigenvalue weighted by molar-refractivity contribution is 0.0654. The van der Waals surface area contributed by atoms with Crippen LogP contribution in [0.5, 0.6) is 0 Å². The van der Waals surface area contributed by atoms with E-state index in [2.05, 4.69) is 38.4 Å². The van der Waals surface area contributed by atoms with E-state index >= 15 is 0 Å². The van der Waals surface area contributed by atoms with Crippen molar-refractivity contribution in [3.63, 3.8) is 0 Å². The van der Waals surface area contributed by atoms with Crippen LogP contribution in [0.25, 0.3) is 10.9 Å². The molecule has 1 saturated carbocycles. The fourth-order valence-electron chi connectivity index (χ4n) is 5.23. The number of fused-ring (bicyclic) bond motifs is 1. The molecular weight excluding hydrogens is 392 g/mol. The van der Waals surface area contributed by atoms with Crippen molar-refractivity contribution in [2.75, 3.05) is 13.1 Å². The van der Waals surface area contributed by atoms with E-state index in [4.69, 9.17) is 0 Å². The highest BCUT2D eigenvalue weighted by atomic mass is 16.3. The Bertz CT molecular complexity index is 1140. The summed E-state index contributed by atoms with van der Waals surface area (Å²) in [5, 5.41) is 23.9. The van der Waals surface area contributed by atoms with E-state index in [-0.39, 0.29) is 23.7 Å². The predicted octanol–water partition coefficient (Wildman–Crippen LogP) is 2.79. The van der Waals surface area contributed by atoms with Gasteiger partial charge < -0.3 is 10.1 Å². The summed E-state index contributed by atoms with van der Waals surface area (Å²) in [5.74, 6) is 0.735. The van der Waals surface area contributed by atoms with E-state index in [1.165, 1.54) is 12.8 Å². The number of aromatic amines is 1. The van der Waals surface area contributed by atoms with Crippen LogP contribution < -0.4 is 5.56 Å². The van der Waals surface area contributed by atoms with Crippen LogP contribution >= 0.6 is 0 Å². The van der Waals surface area contributed by atoms with Crippen LogP contribution in [0, 0.1) is 13.8 Å². The second-order valence-electron chi connectivity index (χ2n) is 9.13. The molecule has 8 heteroatoms. The van der Waals surface area contributed by atoms with Gasteiger partial charge in [0, 0.05) is 24.0 Å². The number of hydrogen-bond donors (Lipinski definition) is 2. The minimum Gasteiger partial charge on any atom is -0.393 e. The van der Waals surface area contributed by atoms with Crippen molar-refractivity contribution in [1.82, 2.24) is 30.1 Å². The van der Waals surface area contributed by atoms with Crippen LogP contribution in [0.3, 0.4) is 0 Å². The monoisotopic (exact) mass is 422 g/mol. The van der Waals surface area contributed by atoms with E-state index in [9.17, 15) is 9.90 Å². The fourth-order valence-corrected chi connectivity index (χ4v) is 5.23. The van der Waals surface area contributed by atoms with Gasteiger partial charge in [-0.15, -0.1) is 5.10 Å². The molecule has 0 amide bonds. The Morgan fingerprint density at radius 1 is 1.10 bits per heavy atom. The van der Waals surface area contributed by atoms with Gasteiger partial charge in [0.1, 0.15) is 6.04 Å². The summed E-state index contributed by atoms with van der Waals surface area (Å²) in [5.41, 5.74) is 3.64. The van der Waals surface area contributed by atoms with Crippen molar-refractivity contribution in [2.24, 2.45) is 0 Å². The van der Waals surface area contributed by atoms with Gasteiger partial charge in [0.15, 0.2) is 5.82 Å². The van der Waals surface area contributed by atoms with Crippen molar-refractivity contribution in [3.8, 4) is 0 Å². The zero-order valence-corrected chi connectivity index (χ0v) is 18.2. The van der Waals surface area contributed by atoms with Gasteiger partial charge in [-0.1, -0.05) is 25.0 Å². The number of pyridine rings is 1. The van der Waals surface area contributed by atoms with E-state index in [0.717, 1.165) is 40.7 Å². The Balaban J connectivity index is 1.67. The summed E-state index contributed by atoms with van der Waals surface area (Å²) < 4.78 is 1.95. The Morgan fingerprint density at radius 2 is 1.81 bits per heavy atom. The van der Waals surface area contributed by atoms with Gasteiger partial charge in [0.25, 0.3) is 5.56 Å². The molecule has 31 heavy (non-hydrogen) atoms. The van der Waals surface area contributed by atoms with Crippen LogP contribution in [-0.2, 0) is 0 Å². The van der Waals surface area contributed by atoms with E-state index < -0.39 is 0 Å². The number of aryl methyl sites for hydroxylation is 2. The molecule has 2 fully saturated rings. The third kappa shape index (κ3) is 3.68. The van der Waals surface area contributed by atoms with Gasteiger partial charge in [-0.25, -0.2) is 4.68 Å². The molecule has 1 aliphatic heterocycles. The molecule has 0 radical (unpaired) electrons. The highest BCUT2D eigenvalue weighted by molar-refractivity contribution is 5.85. The average molecular weight is 423 g/mol. The first-order valence-electron chi connectivity index (χ1n) is 11.4. The molecule has 2 N–H and O–H groups in total. The molecule has 1 aliphatic carbocycles. The molecule has 2 aromatic heterocycles. The summed E-state index contributed by atoms with van der Waals surface area (Å²) in [7, 11) is 0. The third-order valence-electron chi connectivity index (χ3n) is 7.06. The topological polar surface area (TPSA) is 99.9 Å². The lowest BCUT2D eigenvalue weighted by Crippen LogP contribution is -2.42. The number of aromatic nitrogens is 5. The van der Waals surface area contributed by atoms with Gasteiger partial charge in [-0.3, -0.25) is 9.69 Å². The summed E-state index contributed by atoms with van der Waals surface area (Å²) in [4.78, 5) is 18.8. The molecule has 0 spiro atoms. The number of aliphatic hydroxyl groups excluding tert-OH is 1. The molecule has 1 aromatic carbocycles. The SMILES string of the molecule is Cc1ccc(C)c2[nH]c(=O)c([C@@H](c3nnnn3C3CCCC3)N3CCC(O)CC3)cc12. The predicted molar refractivity (Wildman–Crippen MR) is 118 cm³/mol. The minimum absolute atomic E-state index is 0.0988. The standard InChI is InChI=1S/C23H30N6O2/c1-14-7-8-15(2)20-18(14)13-19(23(31)24-20)21(28-11-9-17(30)10-12-28)22-25-26-27-29(22)16-5-3-4-6-16/h7-8,13,16-17,21,30H,3-6,9-12H2,1-2H3,(H,24,31)/t21-/m0/s1. The van der Waals surface area contributed by atoms with Gasteiger partial charge in [0.2, 0.25) is 0 Å². The molecule has 3 heterocycles. The maximum atomic E-state index is 13.4. The zero-order valence-electron chi connectivity index (χ0n) is 18.2. The highest BCUT2D eigenvalue weighted by Gasteiger charge is 2.34. The number of hydrogen-bond acceptors (Lipinski definition) is 6. The van der Waals surface area contributed by atoms with Gasteiger partial charge >= 0.3 is 0 Å². The van der Waals surface area contributed by atoms with Gasteiger partial charge in [-0.05, 0) is 67.2 Å². The molecule has 8 nitrogen and oxygen atoms in total. The van der Waals surface area contributed by atoms with Crippen molar-refractivity contribution in [2.45, 2.75) is 70.6 Å². The van der Waals surface area contributed by atoms with Gasteiger partial charge in [0.05, 0.1) is 17.7 Å². The summed E-state index contributed by atoms with van der Waals surface area (Å²) in [6.07, 6.45) is 5.57. The van der Waals surface area contributed by atoms with Crippen LogP contribution in [0.15, 0.2) is 23.0 Å². The van der Waals surface area contributed by atoms with Crippen LogP contribution in [0.4, 0.5) is 0 Å². The first-order valence-corrected chi connectivity index (χ1v) is 11.4. The number of aliphatic hydroxyl groups is 1. The molecular formula is C23H30N6O2. The Hall–Kier alpha value is -2.58. The number of rotatable bonds is 4. The van der Waals surface area contributed by atoms with Crippen molar-refractivity contribution >= 4 is 10.9 Å². The Kier molecular flexibility index (Phi) is 5.35. The average Bonchev–Trinajstić information content (AvgIpc) is 3.45. The molecule has 5 rings (SSSR count). The summed E-state index contributed by atoms with van der Waals surface area (Å²) in [6.45, 7) is 5.49. The molecule has 1 atom stereocenters. The molecule has 164 valence electrons. The number of benzene rings is 1. The first-order chi connectivity index (χ1) is 15.0. The molecule has 0 bridgehead atoms. The summed E-state index contributed by atoms with van der Waals surface area (Å²) >= 11 is 0. The van der Waals surface area contributed by atoms with Crippen LogP contribution in [0.1, 0.15) is 73.1 Å². The van der Waals surface area contributed by atoms with E-state index in [0.29, 0.717) is 31.5 Å². The number of H-pyrrole nitrogens is 1. The molecule has 2 aliphatic rings. The Labute approximate surface area is 181 Å². The quantitative estimate of drug-likeness (QED) is 0.671. The van der Waals surface area contributed by atoms with Crippen molar-refractivity contribution in [1.29, 1.82) is 0 Å². The number of likely N-dealkylation sites (tertiary alicyclic amines) is 1. The summed E-state index contributed by atoms with van der Waals surface area (Å²) in [6, 6.07) is 6.11. The molecule has 0 unspecified atom stereocenters. The largest absolute Gasteiger partial charge is 0.393 e. The zero-order chi connectivity index (χ0) is 21.5. The maximum Gasteiger partial charge on any atom is 0.253 e. The van der Waals surface area contributed by atoms with Crippen LogP contribution in [-0.4, -0.2) is 54.4 Å². The first kappa shape index (κ1) is 20.3. The second kappa shape index (κ2) is 8.16. The number of nitrogens with one attached hydrogen (secondary N) is 1. The van der Waals surface area contributed by atoms with Crippen LogP contribution in [0.2, 0.25) is 0 Å². The van der Waals surface area contributed by atoms with E-state index in [1.807, 2.05) is 23.7 Å². The smallest absolute Gasteiger partial charge is 0.253 e. The van der Waals surface area contributed by atoms with E-state index in [1.54, 1.807) is 0 Å². The fraction of sp³-hybridized carbons (Fsp3) is 0.565. The van der Waals surface area contributed by atoms with Crippen molar-refractivity contribution in [3.05, 3.63) is 51.1 Å². The number of piperidine rings is 1. The van der Waals surface area contributed by atoms with Gasteiger partial charge in [-0.2, -0.15) is 0 Å². The normalized spacial score (nSPS) is 20.0. The maximum absolute atomic E-state index is 13.4. The highest BCUT2D eigenvalue weighted by Crippen LogP contribution is 2.35. The van der Waals surface area contributed by atoms with Crippen molar-refractivity contribution < 1.29 is 5.11 Å². The Morgan fingerprint density at radius 3 is 2.55 bits per heavy atom.